The number of nitrogen functional groups attached to an aromatic ring is 1. The Bertz CT molecular complexity index is 407. The first-order valence-corrected chi connectivity index (χ1v) is 4.59. The molecule has 2 atom stereocenters. The summed E-state index contributed by atoms with van der Waals surface area (Å²) in [6.45, 7) is 0. The molecule has 5 heteroatoms. The molecule has 5 N–H and O–H groups in total. The normalized spacial score (nSPS) is 30.3. The Morgan fingerprint density at radius 2 is 2.13 bits per heavy atom. The quantitative estimate of drug-likeness (QED) is 0.434. The van der Waals surface area contributed by atoms with Crippen LogP contribution < -0.4 is 11.5 Å². The number of aliphatic hydroxyl groups is 1. The van der Waals surface area contributed by atoms with Gasteiger partial charge in [0.25, 0.3) is 0 Å². The second-order valence-corrected chi connectivity index (χ2v) is 3.60. The minimum atomic E-state index is -1.68. The van der Waals surface area contributed by atoms with Crippen molar-refractivity contribution in [3.05, 3.63) is 29.8 Å². The zero-order chi connectivity index (χ0) is 11.1. The van der Waals surface area contributed by atoms with Gasteiger partial charge in [0.2, 0.25) is 5.79 Å². The molecule has 1 fully saturated rings. The van der Waals surface area contributed by atoms with Gasteiger partial charge in [-0.15, -0.1) is 0 Å². The number of benzene rings is 1. The van der Waals surface area contributed by atoms with Gasteiger partial charge < -0.3 is 21.3 Å². The van der Waals surface area contributed by atoms with E-state index in [1.54, 1.807) is 24.3 Å². The zero-order valence-electron chi connectivity index (χ0n) is 8.01. The predicted molar refractivity (Wildman–Crippen MR) is 53.4 cm³/mol. The van der Waals surface area contributed by atoms with Crippen LogP contribution in [0.2, 0.25) is 0 Å². The molecule has 15 heavy (non-hydrogen) atoms. The Hall–Kier alpha value is -1.59. The maximum absolute atomic E-state index is 11.1. The van der Waals surface area contributed by atoms with Gasteiger partial charge in [0, 0.05) is 17.7 Å². The van der Waals surface area contributed by atoms with Crippen molar-refractivity contribution in [1.82, 2.24) is 0 Å². The fourth-order valence-corrected chi connectivity index (χ4v) is 1.68. The summed E-state index contributed by atoms with van der Waals surface area (Å²) in [7, 11) is 0. The Balaban J connectivity index is 2.40. The molecule has 0 spiro atoms. The first-order chi connectivity index (χ1) is 7.03. The Morgan fingerprint density at radius 3 is 2.67 bits per heavy atom. The van der Waals surface area contributed by atoms with E-state index < -0.39 is 17.8 Å². The van der Waals surface area contributed by atoms with Gasteiger partial charge in [-0.25, -0.2) is 0 Å². The van der Waals surface area contributed by atoms with Gasteiger partial charge in [-0.1, -0.05) is 18.2 Å². The molecule has 1 heterocycles. The minimum absolute atomic E-state index is 0.0278. The van der Waals surface area contributed by atoms with Crippen molar-refractivity contribution < 1.29 is 14.6 Å². The van der Waals surface area contributed by atoms with Gasteiger partial charge in [0.05, 0.1) is 0 Å². The number of hydrogen-bond donors (Lipinski definition) is 3. The second-order valence-electron chi connectivity index (χ2n) is 3.60. The lowest BCUT2D eigenvalue weighted by molar-refractivity contribution is -0.192. The zero-order valence-corrected chi connectivity index (χ0v) is 8.01. The molecule has 80 valence electrons. The van der Waals surface area contributed by atoms with Crippen LogP contribution in [0.15, 0.2) is 24.3 Å². The van der Waals surface area contributed by atoms with E-state index in [1.807, 2.05) is 0 Å². The van der Waals surface area contributed by atoms with Crippen LogP contribution in [0, 0.1) is 0 Å². The average Bonchev–Trinajstić information content (AvgIpc) is 2.42. The van der Waals surface area contributed by atoms with E-state index in [9.17, 15) is 9.90 Å². The molecule has 0 aliphatic carbocycles. The molecule has 0 radical (unpaired) electrons. The molecule has 5 nitrogen and oxygen atoms in total. The molecule has 0 amide bonds. The summed E-state index contributed by atoms with van der Waals surface area (Å²) in [4.78, 5) is 11.1. The lowest BCUT2D eigenvalue weighted by Gasteiger charge is -2.22. The molecule has 1 aromatic rings. The van der Waals surface area contributed by atoms with Crippen LogP contribution in [0.3, 0.4) is 0 Å². The third-order valence-electron chi connectivity index (χ3n) is 2.45. The van der Waals surface area contributed by atoms with E-state index in [-0.39, 0.29) is 6.42 Å². The molecule has 2 rings (SSSR count). The summed E-state index contributed by atoms with van der Waals surface area (Å²) in [6, 6.07) is 5.89. The summed E-state index contributed by atoms with van der Waals surface area (Å²) in [5.74, 6) is -2.29. The second kappa shape index (κ2) is 3.22. The number of rotatable bonds is 1. The van der Waals surface area contributed by atoms with Crippen molar-refractivity contribution in [2.45, 2.75) is 18.2 Å². The fourth-order valence-electron chi connectivity index (χ4n) is 1.68. The summed E-state index contributed by atoms with van der Waals surface area (Å²) < 4.78 is 4.84. The highest BCUT2D eigenvalue weighted by molar-refractivity contribution is 5.78. The number of carbonyl (C=O) groups is 1. The number of esters is 1. The first kappa shape index (κ1) is 9.95. The van der Waals surface area contributed by atoms with E-state index in [1.165, 1.54) is 0 Å². The van der Waals surface area contributed by atoms with Gasteiger partial charge in [0.15, 0.2) is 0 Å². The van der Waals surface area contributed by atoms with Gasteiger partial charge in [-0.2, -0.15) is 0 Å². The number of para-hydroxylation sites is 1. The molecular formula is C10H12N2O3. The highest BCUT2D eigenvalue weighted by Crippen LogP contribution is 2.36. The van der Waals surface area contributed by atoms with Gasteiger partial charge in [0.1, 0.15) is 6.04 Å². The lowest BCUT2D eigenvalue weighted by Crippen LogP contribution is -2.27. The highest BCUT2D eigenvalue weighted by Gasteiger charge is 2.46. The lowest BCUT2D eigenvalue weighted by atomic mass is 10.00. The maximum atomic E-state index is 11.1. The van der Waals surface area contributed by atoms with Crippen molar-refractivity contribution in [3.63, 3.8) is 0 Å². The number of anilines is 1. The molecule has 0 saturated carbocycles. The summed E-state index contributed by atoms with van der Waals surface area (Å²) in [5.41, 5.74) is 11.9. The monoisotopic (exact) mass is 208 g/mol. The third kappa shape index (κ3) is 1.55. The van der Waals surface area contributed by atoms with Crippen LogP contribution in [0.1, 0.15) is 12.0 Å². The Labute approximate surface area is 86.6 Å². The molecule has 1 aromatic carbocycles. The van der Waals surface area contributed by atoms with Crippen LogP contribution in [0.5, 0.6) is 0 Å². The molecular weight excluding hydrogens is 196 g/mol. The minimum Gasteiger partial charge on any atom is -0.427 e. The summed E-state index contributed by atoms with van der Waals surface area (Å²) in [5, 5.41) is 10.1. The highest BCUT2D eigenvalue weighted by atomic mass is 16.7. The van der Waals surface area contributed by atoms with Crippen LogP contribution in [-0.2, 0) is 15.3 Å². The fraction of sp³-hybridized carbons (Fsp3) is 0.300. The molecule has 0 bridgehead atoms. The number of carbonyl (C=O) groups excluding carboxylic acids is 1. The number of nitrogens with two attached hydrogens (primary N) is 2. The SMILES string of the molecule is Nc1ccccc1C1(O)CC(N)C(=O)O1. The predicted octanol–water partition coefficient (Wildman–Crippen LogP) is -0.312. The van der Waals surface area contributed by atoms with Crippen LogP contribution in [0.4, 0.5) is 5.69 Å². The van der Waals surface area contributed by atoms with E-state index in [2.05, 4.69) is 0 Å². The van der Waals surface area contributed by atoms with Crippen LogP contribution >= 0.6 is 0 Å². The average molecular weight is 208 g/mol. The Kier molecular flexibility index (Phi) is 2.13. The van der Waals surface area contributed by atoms with Crippen molar-refractivity contribution in [3.8, 4) is 0 Å². The van der Waals surface area contributed by atoms with E-state index in [0.717, 1.165) is 0 Å². The van der Waals surface area contributed by atoms with Crippen LogP contribution in [-0.4, -0.2) is 17.1 Å². The van der Waals surface area contributed by atoms with Gasteiger partial charge >= 0.3 is 5.97 Å². The van der Waals surface area contributed by atoms with Crippen molar-refractivity contribution in [2.75, 3.05) is 5.73 Å². The summed E-state index contributed by atoms with van der Waals surface area (Å²) in [6.07, 6.45) is 0.0278. The Morgan fingerprint density at radius 1 is 1.47 bits per heavy atom. The molecule has 1 aliphatic rings. The van der Waals surface area contributed by atoms with E-state index >= 15 is 0 Å². The standard InChI is InChI=1S/C10H12N2O3/c11-7-4-2-1-3-6(7)10(14)5-8(12)9(13)15-10/h1-4,8,14H,5,11-12H2. The van der Waals surface area contributed by atoms with Crippen LogP contribution in [0.25, 0.3) is 0 Å². The first-order valence-electron chi connectivity index (χ1n) is 4.59. The maximum Gasteiger partial charge on any atom is 0.325 e. The third-order valence-corrected chi connectivity index (χ3v) is 2.45. The van der Waals surface area contributed by atoms with Crippen molar-refractivity contribution in [2.24, 2.45) is 5.73 Å². The number of ether oxygens (including phenoxy) is 1. The molecule has 1 saturated heterocycles. The van der Waals surface area contributed by atoms with E-state index in [0.29, 0.717) is 11.3 Å². The van der Waals surface area contributed by atoms with Gasteiger partial charge in [-0.05, 0) is 6.07 Å². The number of cyclic esters (lactones) is 1. The van der Waals surface area contributed by atoms with Gasteiger partial charge in [-0.3, -0.25) is 4.79 Å². The topological polar surface area (TPSA) is 98.6 Å². The van der Waals surface area contributed by atoms with Crippen molar-refractivity contribution in [1.29, 1.82) is 0 Å². The largest absolute Gasteiger partial charge is 0.427 e. The summed E-state index contributed by atoms with van der Waals surface area (Å²) >= 11 is 0. The molecule has 0 aromatic heterocycles. The smallest absolute Gasteiger partial charge is 0.325 e. The van der Waals surface area contributed by atoms with Crippen molar-refractivity contribution >= 4 is 11.7 Å². The van der Waals surface area contributed by atoms with E-state index in [4.69, 9.17) is 16.2 Å². The molecule has 2 unspecified atom stereocenters. The number of hydrogen-bond acceptors (Lipinski definition) is 5. The molecule has 1 aliphatic heterocycles.